The lowest BCUT2D eigenvalue weighted by Crippen LogP contribution is -2.37. The molecular formula is C37H47ClN4O2. The second-order valence-corrected chi connectivity index (χ2v) is 12.9. The molecule has 4 aromatic rings. The van der Waals surface area contributed by atoms with Gasteiger partial charge in [-0.1, -0.05) is 54.4 Å². The van der Waals surface area contributed by atoms with Crippen molar-refractivity contribution in [2.75, 3.05) is 39.3 Å². The van der Waals surface area contributed by atoms with Crippen molar-refractivity contribution in [3.63, 3.8) is 0 Å². The predicted octanol–water partition coefficient (Wildman–Crippen LogP) is 8.22. The molecule has 0 atom stereocenters. The van der Waals surface area contributed by atoms with E-state index in [0.29, 0.717) is 18.2 Å². The number of para-hydroxylation sites is 1. The minimum absolute atomic E-state index is 0.393. The van der Waals surface area contributed by atoms with Gasteiger partial charge >= 0.3 is 0 Å². The Morgan fingerprint density at radius 2 is 1.45 bits per heavy atom. The number of piperidine rings is 2. The highest BCUT2D eigenvalue weighted by atomic mass is 35.5. The Kier molecular flexibility index (Phi) is 11.1. The molecule has 3 heterocycles. The van der Waals surface area contributed by atoms with Gasteiger partial charge in [-0.15, -0.1) is 0 Å². The van der Waals surface area contributed by atoms with Gasteiger partial charge in [0.15, 0.2) is 0 Å². The zero-order chi connectivity index (χ0) is 30.0. The van der Waals surface area contributed by atoms with E-state index in [1.165, 1.54) is 84.2 Å². The molecule has 0 N–H and O–H groups in total. The lowest BCUT2D eigenvalue weighted by Gasteiger charge is -2.33. The molecule has 0 amide bonds. The lowest BCUT2D eigenvalue weighted by atomic mass is 9.92. The first-order chi connectivity index (χ1) is 21.7. The Bertz CT molecular complexity index is 1430. The van der Waals surface area contributed by atoms with Crippen LogP contribution in [0.1, 0.15) is 62.8 Å². The van der Waals surface area contributed by atoms with Crippen molar-refractivity contribution < 1.29 is 9.47 Å². The van der Waals surface area contributed by atoms with Crippen molar-refractivity contribution in [2.24, 2.45) is 5.92 Å². The maximum atomic E-state index is 6.28. The first-order valence-corrected chi connectivity index (χ1v) is 17.1. The zero-order valence-corrected chi connectivity index (χ0v) is 26.8. The van der Waals surface area contributed by atoms with Crippen LogP contribution in [0.5, 0.6) is 11.5 Å². The van der Waals surface area contributed by atoms with E-state index in [1.54, 1.807) is 0 Å². The second-order valence-electron chi connectivity index (χ2n) is 12.5. The standard InChI is InChI=1S/C37H47ClN4O2/c38-32-15-17-33(18-16-32)43-29-36-39-37-34(13-7-14-35(37)44-28-31-10-3-1-4-11-31)42(36)25-8-12-30-19-26-41(27-20-30)24-9-23-40-21-5-2-6-22-40/h1,3-4,7,10-11,13-18,30H,2,5-6,8-9,12,19-29H2. The Balaban J connectivity index is 1.05. The molecule has 0 spiro atoms. The molecule has 2 aliphatic heterocycles. The van der Waals surface area contributed by atoms with Crippen LogP contribution >= 0.6 is 11.6 Å². The average molecular weight is 615 g/mol. The van der Waals surface area contributed by atoms with Gasteiger partial charge in [0.2, 0.25) is 0 Å². The summed E-state index contributed by atoms with van der Waals surface area (Å²) < 4.78 is 14.8. The number of likely N-dealkylation sites (tertiary alicyclic amines) is 2. The number of imidazole rings is 1. The number of fused-ring (bicyclic) bond motifs is 1. The number of halogens is 1. The highest BCUT2D eigenvalue weighted by Gasteiger charge is 2.20. The lowest BCUT2D eigenvalue weighted by molar-refractivity contribution is 0.159. The van der Waals surface area contributed by atoms with Gasteiger partial charge < -0.3 is 23.8 Å². The Morgan fingerprint density at radius 1 is 0.705 bits per heavy atom. The molecule has 44 heavy (non-hydrogen) atoms. The first kappa shape index (κ1) is 30.9. The summed E-state index contributed by atoms with van der Waals surface area (Å²) in [5.41, 5.74) is 3.15. The van der Waals surface area contributed by atoms with Crippen LogP contribution in [0.25, 0.3) is 11.0 Å². The van der Waals surface area contributed by atoms with Gasteiger partial charge in [-0.05, 0) is 132 Å². The average Bonchev–Trinajstić information content (AvgIpc) is 3.43. The van der Waals surface area contributed by atoms with Crippen molar-refractivity contribution in [3.8, 4) is 11.5 Å². The largest absolute Gasteiger partial charge is 0.487 e. The molecule has 234 valence electrons. The molecule has 6 rings (SSSR count). The molecule has 6 nitrogen and oxygen atoms in total. The maximum absolute atomic E-state index is 6.28. The summed E-state index contributed by atoms with van der Waals surface area (Å²) in [5.74, 6) is 3.33. The monoisotopic (exact) mass is 614 g/mol. The smallest absolute Gasteiger partial charge is 0.148 e. The third-order valence-electron chi connectivity index (χ3n) is 9.34. The fourth-order valence-electron chi connectivity index (χ4n) is 6.80. The normalized spacial score (nSPS) is 16.8. The van der Waals surface area contributed by atoms with Gasteiger partial charge in [-0.25, -0.2) is 4.98 Å². The third kappa shape index (κ3) is 8.56. The van der Waals surface area contributed by atoms with Gasteiger partial charge in [0.25, 0.3) is 0 Å². The number of aryl methyl sites for hydroxylation is 1. The van der Waals surface area contributed by atoms with Gasteiger partial charge in [-0.2, -0.15) is 0 Å². The third-order valence-corrected chi connectivity index (χ3v) is 9.59. The van der Waals surface area contributed by atoms with Gasteiger partial charge in [-0.3, -0.25) is 0 Å². The Morgan fingerprint density at radius 3 is 2.23 bits per heavy atom. The molecule has 1 aromatic heterocycles. The van der Waals surface area contributed by atoms with Crippen molar-refractivity contribution >= 4 is 22.6 Å². The van der Waals surface area contributed by atoms with E-state index >= 15 is 0 Å². The van der Waals surface area contributed by atoms with E-state index in [2.05, 4.69) is 38.6 Å². The number of ether oxygens (including phenoxy) is 2. The van der Waals surface area contributed by atoms with E-state index in [4.69, 9.17) is 26.1 Å². The molecular weight excluding hydrogens is 568 g/mol. The van der Waals surface area contributed by atoms with Crippen LogP contribution in [-0.4, -0.2) is 58.6 Å². The number of rotatable bonds is 14. The molecule has 0 unspecified atom stereocenters. The van der Waals surface area contributed by atoms with Crippen LogP contribution in [0, 0.1) is 5.92 Å². The van der Waals surface area contributed by atoms with E-state index in [0.717, 1.165) is 52.8 Å². The summed E-state index contributed by atoms with van der Waals surface area (Å²) in [4.78, 5) is 10.4. The molecule has 2 aliphatic rings. The summed E-state index contributed by atoms with van der Waals surface area (Å²) >= 11 is 6.09. The molecule has 2 saturated heterocycles. The number of hydrogen-bond donors (Lipinski definition) is 0. The van der Waals surface area contributed by atoms with Crippen LogP contribution in [-0.2, 0) is 19.8 Å². The summed E-state index contributed by atoms with van der Waals surface area (Å²) in [6.45, 7) is 9.49. The molecule has 7 heteroatoms. The zero-order valence-electron chi connectivity index (χ0n) is 26.0. The number of hydrogen-bond acceptors (Lipinski definition) is 5. The highest BCUT2D eigenvalue weighted by Crippen LogP contribution is 2.29. The van der Waals surface area contributed by atoms with E-state index in [1.807, 2.05) is 48.5 Å². The van der Waals surface area contributed by atoms with Crippen LogP contribution in [0.15, 0.2) is 72.8 Å². The summed E-state index contributed by atoms with van der Waals surface area (Å²) in [6.07, 6.45) is 10.5. The van der Waals surface area contributed by atoms with Crippen molar-refractivity contribution in [3.05, 3.63) is 89.2 Å². The molecule has 0 radical (unpaired) electrons. The minimum atomic E-state index is 0.393. The molecule has 0 bridgehead atoms. The quantitative estimate of drug-likeness (QED) is 0.143. The van der Waals surface area contributed by atoms with E-state index < -0.39 is 0 Å². The fraction of sp³-hybridized carbons (Fsp3) is 0.486. The second kappa shape index (κ2) is 15.8. The van der Waals surface area contributed by atoms with E-state index in [-0.39, 0.29) is 0 Å². The van der Waals surface area contributed by atoms with Gasteiger partial charge in [0.1, 0.15) is 36.1 Å². The maximum Gasteiger partial charge on any atom is 0.148 e. The fourth-order valence-corrected chi connectivity index (χ4v) is 6.92. The first-order valence-electron chi connectivity index (χ1n) is 16.7. The van der Waals surface area contributed by atoms with E-state index in [9.17, 15) is 0 Å². The molecule has 0 aliphatic carbocycles. The predicted molar refractivity (Wildman–Crippen MR) is 180 cm³/mol. The summed E-state index contributed by atoms with van der Waals surface area (Å²) in [7, 11) is 0. The van der Waals surface area contributed by atoms with Crippen LogP contribution < -0.4 is 9.47 Å². The topological polar surface area (TPSA) is 42.8 Å². The van der Waals surface area contributed by atoms with Crippen molar-refractivity contribution in [1.29, 1.82) is 0 Å². The molecule has 0 saturated carbocycles. The van der Waals surface area contributed by atoms with Crippen LogP contribution in [0.2, 0.25) is 5.02 Å². The van der Waals surface area contributed by atoms with Crippen LogP contribution in [0.3, 0.4) is 0 Å². The van der Waals surface area contributed by atoms with Crippen molar-refractivity contribution in [1.82, 2.24) is 19.4 Å². The highest BCUT2D eigenvalue weighted by molar-refractivity contribution is 6.30. The van der Waals surface area contributed by atoms with Crippen LogP contribution in [0.4, 0.5) is 0 Å². The van der Waals surface area contributed by atoms with Crippen molar-refractivity contribution in [2.45, 2.75) is 71.1 Å². The minimum Gasteiger partial charge on any atom is -0.487 e. The Labute approximate surface area is 267 Å². The number of benzene rings is 3. The summed E-state index contributed by atoms with van der Waals surface area (Å²) in [5, 5.41) is 0.702. The number of aromatic nitrogens is 2. The number of nitrogens with zero attached hydrogens (tertiary/aromatic N) is 4. The van der Waals surface area contributed by atoms with Gasteiger partial charge in [0.05, 0.1) is 5.52 Å². The molecule has 3 aromatic carbocycles. The Hall–Kier alpha value is -3.06. The SMILES string of the molecule is Clc1ccc(OCc2nc3c(OCc4ccccc4)cccc3n2CCCC2CCN(CCCN3CCCCC3)CC2)cc1. The summed E-state index contributed by atoms with van der Waals surface area (Å²) in [6, 6.07) is 24.1. The molecule has 2 fully saturated rings. The van der Waals surface area contributed by atoms with Gasteiger partial charge in [0, 0.05) is 11.6 Å².